The molecule has 1 aliphatic carbocycles. The molecule has 0 N–H and O–H groups in total. The Kier molecular flexibility index (Phi) is 4.28. The molecule has 1 saturated heterocycles. The molecule has 3 heteroatoms. The molecular weight excluding hydrogens is 266 g/mol. The maximum Gasteiger partial charge on any atom is 0.225 e. The zero-order chi connectivity index (χ0) is 11.5. The molecule has 0 bridgehead atoms. The molecule has 0 spiro atoms. The third-order valence-electron chi connectivity index (χ3n) is 4.06. The number of hydrogen-bond donors (Lipinski definition) is 0. The van der Waals surface area contributed by atoms with E-state index in [0.29, 0.717) is 17.9 Å². The number of likely N-dealkylation sites (tertiary alicyclic amines) is 1. The molecule has 1 saturated carbocycles. The van der Waals surface area contributed by atoms with Crippen LogP contribution in [0.25, 0.3) is 0 Å². The van der Waals surface area contributed by atoms with Gasteiger partial charge in [-0.25, -0.2) is 0 Å². The van der Waals surface area contributed by atoms with Crippen LogP contribution in [0, 0.1) is 11.8 Å². The van der Waals surface area contributed by atoms with E-state index in [1.54, 1.807) is 0 Å². The van der Waals surface area contributed by atoms with Crippen LogP contribution in [0.3, 0.4) is 0 Å². The lowest BCUT2D eigenvalue weighted by atomic mass is 10.0. The fourth-order valence-electron chi connectivity index (χ4n) is 2.69. The highest BCUT2D eigenvalue weighted by molar-refractivity contribution is 9.09. The second kappa shape index (κ2) is 5.52. The summed E-state index contributed by atoms with van der Waals surface area (Å²) in [5.41, 5.74) is 0. The third kappa shape index (κ3) is 2.79. The first-order valence-corrected chi connectivity index (χ1v) is 7.72. The van der Waals surface area contributed by atoms with Crippen LogP contribution in [-0.4, -0.2) is 28.7 Å². The monoisotopic (exact) mass is 287 g/mol. The predicted molar refractivity (Wildman–Crippen MR) is 69.7 cm³/mol. The Morgan fingerprint density at radius 1 is 1.31 bits per heavy atom. The van der Waals surface area contributed by atoms with E-state index in [0.717, 1.165) is 11.9 Å². The predicted octanol–water partition coefficient (Wildman–Crippen LogP) is 3.20. The van der Waals surface area contributed by atoms with Crippen LogP contribution in [-0.2, 0) is 4.79 Å². The van der Waals surface area contributed by atoms with Crippen molar-refractivity contribution in [1.82, 2.24) is 4.90 Å². The van der Waals surface area contributed by atoms with Crippen molar-refractivity contribution in [2.75, 3.05) is 11.9 Å². The van der Waals surface area contributed by atoms with Gasteiger partial charge in [0.05, 0.1) is 0 Å². The van der Waals surface area contributed by atoms with E-state index in [9.17, 15) is 4.79 Å². The fourth-order valence-corrected chi connectivity index (χ4v) is 3.36. The highest BCUT2D eigenvalue weighted by atomic mass is 79.9. The summed E-state index contributed by atoms with van der Waals surface area (Å²) in [5.74, 6) is 1.36. The first-order chi connectivity index (χ1) is 7.74. The van der Waals surface area contributed by atoms with Crippen LogP contribution in [0.15, 0.2) is 0 Å². The highest BCUT2D eigenvalue weighted by Gasteiger charge is 2.36. The van der Waals surface area contributed by atoms with Gasteiger partial charge in [0.15, 0.2) is 0 Å². The Morgan fingerprint density at radius 2 is 2.06 bits per heavy atom. The molecule has 1 aliphatic heterocycles. The third-order valence-corrected chi connectivity index (χ3v) is 4.80. The van der Waals surface area contributed by atoms with E-state index in [1.807, 2.05) is 0 Å². The molecule has 1 heterocycles. The van der Waals surface area contributed by atoms with Crippen molar-refractivity contribution in [2.45, 2.75) is 51.5 Å². The SMILES string of the molecule is CC(C(=O)N1CCCCCC1CBr)C1CC1. The van der Waals surface area contributed by atoms with Gasteiger partial charge in [0.25, 0.3) is 0 Å². The standard InChI is InChI=1S/C13H22BrNO/c1-10(11-6-7-11)13(16)15-8-4-2-3-5-12(15)9-14/h10-12H,2-9H2,1H3. The average molecular weight is 288 g/mol. The summed E-state index contributed by atoms with van der Waals surface area (Å²) < 4.78 is 0. The normalized spacial score (nSPS) is 28.6. The Labute approximate surface area is 107 Å². The maximum absolute atomic E-state index is 12.4. The van der Waals surface area contributed by atoms with Gasteiger partial charge >= 0.3 is 0 Å². The minimum Gasteiger partial charge on any atom is -0.339 e. The average Bonchev–Trinajstić information content (AvgIpc) is 3.12. The Bertz CT molecular complexity index is 252. The second-order valence-electron chi connectivity index (χ2n) is 5.32. The molecule has 2 unspecified atom stereocenters. The van der Waals surface area contributed by atoms with Gasteiger partial charge in [-0.1, -0.05) is 35.7 Å². The molecule has 16 heavy (non-hydrogen) atoms. The molecule has 0 aromatic carbocycles. The summed E-state index contributed by atoms with van der Waals surface area (Å²) in [7, 11) is 0. The zero-order valence-corrected chi connectivity index (χ0v) is 11.7. The summed E-state index contributed by atoms with van der Waals surface area (Å²) in [4.78, 5) is 14.6. The molecule has 92 valence electrons. The molecule has 1 amide bonds. The van der Waals surface area contributed by atoms with Crippen molar-refractivity contribution >= 4 is 21.8 Å². The van der Waals surface area contributed by atoms with Crippen molar-refractivity contribution < 1.29 is 4.79 Å². The topological polar surface area (TPSA) is 20.3 Å². The van der Waals surface area contributed by atoms with E-state index >= 15 is 0 Å². The van der Waals surface area contributed by atoms with E-state index in [1.165, 1.54) is 38.5 Å². The Morgan fingerprint density at radius 3 is 2.69 bits per heavy atom. The summed E-state index contributed by atoms with van der Waals surface area (Å²) in [6.45, 7) is 3.10. The van der Waals surface area contributed by atoms with E-state index < -0.39 is 0 Å². The second-order valence-corrected chi connectivity index (χ2v) is 5.96. The molecule has 2 fully saturated rings. The minimum atomic E-state index is 0.264. The number of halogens is 1. The van der Waals surface area contributed by atoms with E-state index in [4.69, 9.17) is 0 Å². The minimum absolute atomic E-state index is 0.264. The lowest BCUT2D eigenvalue weighted by molar-refractivity contribution is -0.137. The van der Waals surface area contributed by atoms with Gasteiger partial charge in [-0.05, 0) is 31.6 Å². The maximum atomic E-state index is 12.4. The quantitative estimate of drug-likeness (QED) is 0.730. The summed E-state index contributed by atoms with van der Waals surface area (Å²) in [6.07, 6.45) is 7.45. The number of carbonyl (C=O) groups is 1. The van der Waals surface area contributed by atoms with Gasteiger partial charge in [0.2, 0.25) is 5.91 Å². The van der Waals surface area contributed by atoms with Gasteiger partial charge < -0.3 is 4.90 Å². The molecule has 0 aromatic rings. The van der Waals surface area contributed by atoms with Crippen molar-refractivity contribution in [2.24, 2.45) is 11.8 Å². The molecule has 2 nitrogen and oxygen atoms in total. The molecule has 0 aromatic heterocycles. The largest absolute Gasteiger partial charge is 0.339 e. The number of hydrogen-bond acceptors (Lipinski definition) is 1. The van der Waals surface area contributed by atoms with Crippen LogP contribution in [0.4, 0.5) is 0 Å². The van der Waals surface area contributed by atoms with Crippen molar-refractivity contribution in [3.05, 3.63) is 0 Å². The van der Waals surface area contributed by atoms with Gasteiger partial charge in [0, 0.05) is 23.8 Å². The van der Waals surface area contributed by atoms with E-state index in [-0.39, 0.29) is 5.92 Å². The molecular formula is C13H22BrNO. The lowest BCUT2D eigenvalue weighted by Gasteiger charge is -2.31. The molecule has 2 rings (SSSR count). The van der Waals surface area contributed by atoms with Gasteiger partial charge in [-0.3, -0.25) is 4.79 Å². The van der Waals surface area contributed by atoms with Crippen molar-refractivity contribution in [3.8, 4) is 0 Å². The van der Waals surface area contributed by atoms with Crippen LogP contribution in [0.1, 0.15) is 45.4 Å². The van der Waals surface area contributed by atoms with Crippen LogP contribution in [0.2, 0.25) is 0 Å². The van der Waals surface area contributed by atoms with Gasteiger partial charge in [0.1, 0.15) is 0 Å². The number of nitrogens with zero attached hydrogens (tertiary/aromatic N) is 1. The van der Waals surface area contributed by atoms with Crippen LogP contribution >= 0.6 is 15.9 Å². The van der Waals surface area contributed by atoms with Crippen molar-refractivity contribution in [3.63, 3.8) is 0 Å². The van der Waals surface area contributed by atoms with Gasteiger partial charge in [-0.15, -0.1) is 0 Å². The van der Waals surface area contributed by atoms with Crippen molar-refractivity contribution in [1.29, 1.82) is 0 Å². The Balaban J connectivity index is 1.99. The number of alkyl halides is 1. The molecule has 2 atom stereocenters. The summed E-state index contributed by atoms with van der Waals surface area (Å²) >= 11 is 3.56. The first kappa shape index (κ1) is 12.4. The number of amides is 1. The molecule has 0 radical (unpaired) electrons. The lowest BCUT2D eigenvalue weighted by Crippen LogP contribution is -2.44. The fraction of sp³-hybridized carbons (Fsp3) is 0.923. The summed E-state index contributed by atoms with van der Waals surface area (Å²) in [5, 5.41) is 0.941. The highest BCUT2D eigenvalue weighted by Crippen LogP contribution is 2.38. The van der Waals surface area contributed by atoms with Crippen LogP contribution < -0.4 is 0 Å². The summed E-state index contributed by atoms with van der Waals surface area (Å²) in [6, 6.07) is 0.441. The first-order valence-electron chi connectivity index (χ1n) is 6.60. The van der Waals surface area contributed by atoms with Crippen LogP contribution in [0.5, 0.6) is 0 Å². The van der Waals surface area contributed by atoms with E-state index in [2.05, 4.69) is 27.8 Å². The Hall–Kier alpha value is -0.0500. The smallest absolute Gasteiger partial charge is 0.225 e. The zero-order valence-electron chi connectivity index (χ0n) is 10.1. The van der Waals surface area contributed by atoms with Gasteiger partial charge in [-0.2, -0.15) is 0 Å². The number of carbonyl (C=O) groups excluding carboxylic acids is 1. The number of rotatable bonds is 3. The molecule has 2 aliphatic rings.